The fourth-order valence-electron chi connectivity index (χ4n) is 4.44. The van der Waals surface area contributed by atoms with Gasteiger partial charge in [-0.2, -0.15) is 0 Å². The second-order valence-electron chi connectivity index (χ2n) is 7.79. The summed E-state index contributed by atoms with van der Waals surface area (Å²) in [6, 6.07) is 6.99. The number of H-pyrrole nitrogens is 1. The zero-order valence-corrected chi connectivity index (χ0v) is 15.7. The first-order valence-electron chi connectivity index (χ1n) is 9.60. The lowest BCUT2D eigenvalue weighted by Crippen LogP contribution is -2.19. The molecule has 0 unspecified atom stereocenters. The summed E-state index contributed by atoms with van der Waals surface area (Å²) in [4.78, 5) is 12.6. The first kappa shape index (κ1) is 17.2. The van der Waals surface area contributed by atoms with Crippen molar-refractivity contribution in [2.75, 3.05) is 0 Å². The van der Waals surface area contributed by atoms with Crippen molar-refractivity contribution >= 4 is 10.9 Å². The van der Waals surface area contributed by atoms with Crippen molar-refractivity contribution in [3.8, 4) is 0 Å². The van der Waals surface area contributed by atoms with Crippen LogP contribution in [0, 0.1) is 25.6 Å². The Morgan fingerprint density at radius 3 is 2.58 bits per heavy atom. The molecule has 1 atom stereocenters. The van der Waals surface area contributed by atoms with Crippen molar-refractivity contribution in [1.29, 1.82) is 0 Å². The lowest BCUT2D eigenvalue weighted by atomic mass is 9.73. The molecule has 1 aromatic carbocycles. The van der Waals surface area contributed by atoms with Gasteiger partial charge in [0.2, 0.25) is 0 Å². The Morgan fingerprint density at radius 1 is 1.12 bits per heavy atom. The molecule has 0 aliphatic heterocycles. The number of hydrogen-bond donors (Lipinski definition) is 1. The van der Waals surface area contributed by atoms with Crippen molar-refractivity contribution in [1.82, 2.24) is 15.0 Å². The molecule has 3 aromatic rings. The number of imidazole rings is 1. The number of rotatable bonds is 3. The molecular weight excluding hydrogens is 325 g/mol. The quantitative estimate of drug-likeness (QED) is 0.649. The van der Waals surface area contributed by atoms with Gasteiger partial charge in [0.1, 0.15) is 11.6 Å². The molecule has 0 amide bonds. The minimum Gasteiger partial charge on any atom is -0.346 e. The largest absolute Gasteiger partial charge is 0.346 e. The van der Waals surface area contributed by atoms with E-state index in [0.29, 0.717) is 17.8 Å². The highest BCUT2D eigenvalue weighted by molar-refractivity contribution is 5.82. The highest BCUT2D eigenvalue weighted by atomic mass is 19.1. The van der Waals surface area contributed by atoms with Crippen molar-refractivity contribution in [3.05, 3.63) is 59.1 Å². The standard InChI is InChI=1S/C22H26FN3/c1-13(22-25-14(2)15(3)26-22)16-4-6-17(7-5-16)19-10-11-24-21-9-8-18(23)12-20(19)21/h8-13,16-17H,4-7H2,1-3H3,(H,25,26)/t13-,16?,17?/m0/s1. The molecule has 1 aliphatic rings. The normalized spacial score (nSPS) is 21.8. The smallest absolute Gasteiger partial charge is 0.123 e. The van der Waals surface area contributed by atoms with Gasteiger partial charge in [-0.15, -0.1) is 0 Å². The van der Waals surface area contributed by atoms with E-state index >= 15 is 0 Å². The molecule has 3 nitrogen and oxygen atoms in total. The molecule has 1 saturated carbocycles. The summed E-state index contributed by atoms with van der Waals surface area (Å²) in [5, 5.41) is 0.973. The van der Waals surface area contributed by atoms with Gasteiger partial charge in [0.25, 0.3) is 0 Å². The molecule has 2 heterocycles. The topological polar surface area (TPSA) is 41.6 Å². The average molecular weight is 351 g/mol. The van der Waals surface area contributed by atoms with Crippen LogP contribution >= 0.6 is 0 Å². The number of nitrogens with one attached hydrogen (secondary N) is 1. The fraction of sp³-hybridized carbons (Fsp3) is 0.455. The Bertz CT molecular complexity index is 903. The molecule has 0 saturated heterocycles. The Balaban J connectivity index is 1.51. The minimum atomic E-state index is -0.183. The number of pyridine rings is 1. The summed E-state index contributed by atoms with van der Waals surface area (Å²) in [5.41, 5.74) is 4.42. The van der Waals surface area contributed by atoms with Crippen molar-refractivity contribution in [2.24, 2.45) is 5.92 Å². The summed E-state index contributed by atoms with van der Waals surface area (Å²) in [6.45, 7) is 6.44. The van der Waals surface area contributed by atoms with Crippen LogP contribution < -0.4 is 0 Å². The monoisotopic (exact) mass is 351 g/mol. The van der Waals surface area contributed by atoms with Gasteiger partial charge >= 0.3 is 0 Å². The number of nitrogens with zero attached hydrogens (tertiary/aromatic N) is 2. The molecule has 4 rings (SSSR count). The third-order valence-corrected chi connectivity index (χ3v) is 6.23. The number of halogens is 1. The molecule has 26 heavy (non-hydrogen) atoms. The van der Waals surface area contributed by atoms with Crippen LogP contribution in [0.1, 0.15) is 67.2 Å². The lowest BCUT2D eigenvalue weighted by Gasteiger charge is -2.32. The predicted octanol–water partition coefficient (Wildman–Crippen LogP) is 5.79. The molecule has 1 aliphatic carbocycles. The number of aryl methyl sites for hydroxylation is 2. The molecule has 0 radical (unpaired) electrons. The third kappa shape index (κ3) is 3.13. The molecular formula is C22H26FN3. The van der Waals surface area contributed by atoms with Crippen LogP contribution in [0.15, 0.2) is 30.5 Å². The first-order chi connectivity index (χ1) is 12.5. The van der Waals surface area contributed by atoms with Gasteiger partial charge in [-0.3, -0.25) is 4.98 Å². The van der Waals surface area contributed by atoms with Gasteiger partial charge in [-0.05, 0) is 81.2 Å². The van der Waals surface area contributed by atoms with Crippen LogP contribution in [0.25, 0.3) is 10.9 Å². The van der Waals surface area contributed by atoms with Crippen LogP contribution in [0.4, 0.5) is 4.39 Å². The third-order valence-electron chi connectivity index (χ3n) is 6.23. The summed E-state index contributed by atoms with van der Waals surface area (Å²) in [7, 11) is 0. The highest BCUT2D eigenvalue weighted by Crippen LogP contribution is 2.42. The zero-order chi connectivity index (χ0) is 18.3. The zero-order valence-electron chi connectivity index (χ0n) is 15.7. The first-order valence-corrected chi connectivity index (χ1v) is 9.60. The van der Waals surface area contributed by atoms with Crippen LogP contribution in [-0.4, -0.2) is 15.0 Å². The molecule has 1 fully saturated rings. The van der Waals surface area contributed by atoms with Crippen molar-refractivity contribution in [3.63, 3.8) is 0 Å². The Labute approximate surface area is 154 Å². The maximum absolute atomic E-state index is 13.7. The second kappa shape index (κ2) is 6.82. The number of benzene rings is 1. The van der Waals surface area contributed by atoms with Gasteiger partial charge in [-0.25, -0.2) is 9.37 Å². The molecule has 0 spiro atoms. The molecule has 4 heteroatoms. The van der Waals surface area contributed by atoms with Crippen LogP contribution in [0.5, 0.6) is 0 Å². The number of fused-ring (bicyclic) bond motifs is 1. The maximum atomic E-state index is 13.7. The van der Waals surface area contributed by atoms with Gasteiger partial charge in [0.05, 0.1) is 11.2 Å². The van der Waals surface area contributed by atoms with E-state index in [1.165, 1.54) is 30.2 Å². The van der Waals surface area contributed by atoms with E-state index in [1.54, 1.807) is 12.1 Å². The van der Waals surface area contributed by atoms with E-state index < -0.39 is 0 Å². The SMILES string of the molecule is Cc1nc([C@@H](C)C2CCC(c3ccnc4ccc(F)cc34)CC2)[nH]c1C. The van der Waals surface area contributed by atoms with Crippen LogP contribution in [0.2, 0.25) is 0 Å². The highest BCUT2D eigenvalue weighted by Gasteiger charge is 2.29. The van der Waals surface area contributed by atoms with Gasteiger partial charge in [0.15, 0.2) is 0 Å². The number of aromatic amines is 1. The summed E-state index contributed by atoms with van der Waals surface area (Å²) < 4.78 is 13.7. The molecule has 2 aromatic heterocycles. The Hall–Kier alpha value is -2.23. The van der Waals surface area contributed by atoms with E-state index in [-0.39, 0.29) is 5.82 Å². The van der Waals surface area contributed by atoms with Crippen LogP contribution in [-0.2, 0) is 0 Å². The van der Waals surface area contributed by atoms with Gasteiger partial charge < -0.3 is 4.98 Å². The van der Waals surface area contributed by atoms with E-state index in [2.05, 4.69) is 36.8 Å². The van der Waals surface area contributed by atoms with Gasteiger partial charge in [0, 0.05) is 23.2 Å². The van der Waals surface area contributed by atoms with Gasteiger partial charge in [-0.1, -0.05) is 6.92 Å². The van der Waals surface area contributed by atoms with E-state index in [0.717, 1.165) is 35.3 Å². The Morgan fingerprint density at radius 2 is 1.88 bits per heavy atom. The number of hydrogen-bond acceptors (Lipinski definition) is 2. The molecule has 136 valence electrons. The number of aromatic nitrogens is 3. The fourth-order valence-corrected chi connectivity index (χ4v) is 4.44. The maximum Gasteiger partial charge on any atom is 0.123 e. The molecule has 1 N–H and O–H groups in total. The second-order valence-corrected chi connectivity index (χ2v) is 7.79. The van der Waals surface area contributed by atoms with Crippen molar-refractivity contribution in [2.45, 2.75) is 58.3 Å². The summed E-state index contributed by atoms with van der Waals surface area (Å²) in [6.07, 6.45) is 6.51. The van der Waals surface area contributed by atoms with E-state index in [1.807, 2.05) is 6.20 Å². The Kier molecular flexibility index (Phi) is 4.51. The summed E-state index contributed by atoms with van der Waals surface area (Å²) in [5.74, 6) is 2.54. The van der Waals surface area contributed by atoms with E-state index in [9.17, 15) is 4.39 Å². The molecule has 0 bridgehead atoms. The predicted molar refractivity (Wildman–Crippen MR) is 103 cm³/mol. The lowest BCUT2D eigenvalue weighted by molar-refractivity contribution is 0.286. The average Bonchev–Trinajstić information content (AvgIpc) is 2.99. The minimum absolute atomic E-state index is 0.183. The van der Waals surface area contributed by atoms with E-state index in [4.69, 9.17) is 4.98 Å². The van der Waals surface area contributed by atoms with Crippen LogP contribution in [0.3, 0.4) is 0 Å². The summed E-state index contributed by atoms with van der Waals surface area (Å²) >= 11 is 0. The van der Waals surface area contributed by atoms with Crippen molar-refractivity contribution < 1.29 is 4.39 Å².